The number of halogens is 3. The van der Waals surface area contributed by atoms with Crippen molar-refractivity contribution in [3.63, 3.8) is 0 Å². The Kier molecular flexibility index (Phi) is 5.79. The molecule has 0 atom stereocenters. The van der Waals surface area contributed by atoms with Crippen molar-refractivity contribution < 1.29 is 22.6 Å². The highest BCUT2D eigenvalue weighted by Crippen LogP contribution is 2.38. The van der Waals surface area contributed by atoms with Crippen LogP contribution in [0.3, 0.4) is 0 Å². The van der Waals surface area contributed by atoms with Crippen LogP contribution in [0.15, 0.2) is 53.3 Å². The van der Waals surface area contributed by atoms with Crippen molar-refractivity contribution in [2.24, 2.45) is 0 Å². The third kappa shape index (κ3) is 3.72. The Morgan fingerprint density at radius 2 is 1.75 bits per heavy atom. The molecule has 3 aromatic heterocycles. The Hall–Kier alpha value is -4.12. The van der Waals surface area contributed by atoms with Gasteiger partial charge in [-0.25, -0.2) is 9.97 Å². The van der Waals surface area contributed by atoms with Gasteiger partial charge in [0.1, 0.15) is 28.3 Å². The summed E-state index contributed by atoms with van der Waals surface area (Å²) >= 11 is 0. The molecule has 0 aliphatic rings. The predicted octanol–water partition coefficient (Wildman–Crippen LogP) is 4.69. The minimum Gasteiger partial charge on any atom is -0.494 e. The van der Waals surface area contributed by atoms with E-state index in [1.54, 1.807) is 61.1 Å². The zero-order chi connectivity index (χ0) is 25.6. The molecular weight excluding hydrogens is 475 g/mol. The van der Waals surface area contributed by atoms with Gasteiger partial charge in [-0.2, -0.15) is 17.7 Å². The fraction of sp³-hybridized carbons (Fsp3) is 0.240. The number of imidazole rings is 1. The van der Waals surface area contributed by atoms with Crippen LogP contribution in [0.4, 0.5) is 13.2 Å². The van der Waals surface area contributed by atoms with E-state index in [-0.39, 0.29) is 28.3 Å². The molecule has 0 aliphatic heterocycles. The van der Waals surface area contributed by atoms with Gasteiger partial charge in [-0.05, 0) is 24.6 Å². The largest absolute Gasteiger partial charge is 0.494 e. The van der Waals surface area contributed by atoms with Crippen molar-refractivity contribution in [2.75, 3.05) is 20.8 Å². The highest BCUT2D eigenvalue weighted by atomic mass is 19.4. The maximum atomic E-state index is 14.0. The first-order valence-electron chi connectivity index (χ1n) is 11.1. The van der Waals surface area contributed by atoms with Crippen LogP contribution in [-0.4, -0.2) is 45.0 Å². The summed E-state index contributed by atoms with van der Waals surface area (Å²) in [4.78, 5) is 22.9. The second-order valence-electron chi connectivity index (χ2n) is 8.17. The number of hydrogen-bond acceptors (Lipinski definition) is 5. The lowest BCUT2D eigenvalue weighted by Crippen LogP contribution is -2.21. The zero-order valence-electron chi connectivity index (χ0n) is 19.7. The van der Waals surface area contributed by atoms with Gasteiger partial charge in [0.15, 0.2) is 5.65 Å². The molecule has 2 aromatic carbocycles. The van der Waals surface area contributed by atoms with Crippen molar-refractivity contribution >= 4 is 16.7 Å². The molecule has 0 fully saturated rings. The number of para-hydroxylation sites is 1. The Morgan fingerprint density at radius 3 is 2.42 bits per heavy atom. The fourth-order valence-electron chi connectivity index (χ4n) is 4.41. The molecule has 0 bridgehead atoms. The van der Waals surface area contributed by atoms with E-state index in [0.29, 0.717) is 35.5 Å². The summed E-state index contributed by atoms with van der Waals surface area (Å²) < 4.78 is 55.4. The van der Waals surface area contributed by atoms with Gasteiger partial charge in [0.25, 0.3) is 5.56 Å². The number of aromatic amines is 1. The van der Waals surface area contributed by atoms with Crippen molar-refractivity contribution in [1.29, 1.82) is 0 Å². The topological polar surface area (TPSA) is 86.4 Å². The third-order valence-electron chi connectivity index (χ3n) is 6.01. The standard InChI is InChI=1S/C25H22F3N5O3/c1-14-18(22-30-20-16(32(22)12-13-35-2)10-7-11-17(20)36-3)24(34)33-23(29-14)19(15-8-5-4-6-9-15)21(31-33)25(26,27)28/h4-11,31H,12-13H2,1-3H3. The molecule has 0 saturated heterocycles. The molecular formula is C25H22F3N5O3. The van der Waals surface area contributed by atoms with E-state index in [4.69, 9.17) is 9.47 Å². The molecule has 0 spiro atoms. The van der Waals surface area contributed by atoms with Crippen LogP contribution in [-0.2, 0) is 17.5 Å². The lowest BCUT2D eigenvalue weighted by molar-refractivity contribution is -0.140. The molecule has 1 N–H and O–H groups in total. The predicted molar refractivity (Wildman–Crippen MR) is 128 cm³/mol. The average molecular weight is 497 g/mol. The molecule has 0 amide bonds. The van der Waals surface area contributed by atoms with Crippen LogP contribution in [0.5, 0.6) is 5.75 Å². The van der Waals surface area contributed by atoms with Crippen LogP contribution in [0.1, 0.15) is 11.4 Å². The van der Waals surface area contributed by atoms with Gasteiger partial charge >= 0.3 is 6.18 Å². The maximum Gasteiger partial charge on any atom is 0.433 e. The number of fused-ring (bicyclic) bond motifs is 2. The SMILES string of the molecule is COCCn1c(-c2c(C)nc3c(-c4ccccc4)c(C(F)(F)F)[nH]n3c2=O)nc2c(OC)cccc21. The summed E-state index contributed by atoms with van der Waals surface area (Å²) in [5, 5.41) is 2.26. The number of rotatable bonds is 6. The first kappa shape index (κ1) is 23.6. The number of hydrogen-bond donors (Lipinski definition) is 1. The minimum absolute atomic E-state index is 0.0800. The third-order valence-corrected chi connectivity index (χ3v) is 6.01. The van der Waals surface area contributed by atoms with Crippen molar-refractivity contribution in [2.45, 2.75) is 19.6 Å². The summed E-state index contributed by atoms with van der Waals surface area (Å²) in [6, 6.07) is 13.4. The van der Waals surface area contributed by atoms with Crippen LogP contribution in [0.2, 0.25) is 0 Å². The number of H-pyrrole nitrogens is 1. The number of aromatic nitrogens is 5. The lowest BCUT2D eigenvalue weighted by Gasteiger charge is -2.10. The number of methoxy groups -OCH3 is 2. The fourth-order valence-corrected chi connectivity index (χ4v) is 4.41. The molecule has 11 heteroatoms. The number of alkyl halides is 3. The molecule has 0 saturated carbocycles. The van der Waals surface area contributed by atoms with Crippen LogP contribution >= 0.6 is 0 Å². The van der Waals surface area contributed by atoms with Gasteiger partial charge in [-0.15, -0.1) is 0 Å². The minimum atomic E-state index is -4.74. The molecule has 36 heavy (non-hydrogen) atoms. The highest BCUT2D eigenvalue weighted by Gasteiger charge is 2.38. The Balaban J connectivity index is 1.85. The molecule has 3 heterocycles. The van der Waals surface area contributed by atoms with Gasteiger partial charge in [0.05, 0.1) is 30.5 Å². The van der Waals surface area contributed by atoms with Crippen LogP contribution in [0, 0.1) is 6.92 Å². The molecule has 8 nitrogen and oxygen atoms in total. The van der Waals surface area contributed by atoms with E-state index in [0.717, 1.165) is 4.52 Å². The summed E-state index contributed by atoms with van der Waals surface area (Å²) in [5.41, 5.74) is -0.224. The van der Waals surface area contributed by atoms with Crippen molar-refractivity contribution in [1.82, 2.24) is 24.1 Å². The van der Waals surface area contributed by atoms with Gasteiger partial charge < -0.3 is 14.0 Å². The number of benzene rings is 2. The van der Waals surface area contributed by atoms with Gasteiger partial charge in [0.2, 0.25) is 0 Å². The maximum absolute atomic E-state index is 14.0. The lowest BCUT2D eigenvalue weighted by atomic mass is 10.1. The second kappa shape index (κ2) is 8.83. The first-order chi connectivity index (χ1) is 17.3. The van der Waals surface area contributed by atoms with Gasteiger partial charge in [-0.3, -0.25) is 9.89 Å². The number of aryl methyl sites for hydroxylation is 1. The van der Waals surface area contributed by atoms with Gasteiger partial charge in [0, 0.05) is 13.7 Å². The smallest absolute Gasteiger partial charge is 0.433 e. The van der Waals surface area contributed by atoms with E-state index < -0.39 is 17.4 Å². The van der Waals surface area contributed by atoms with Gasteiger partial charge in [-0.1, -0.05) is 36.4 Å². The Bertz CT molecular complexity index is 1630. The van der Waals surface area contributed by atoms with E-state index in [2.05, 4.69) is 15.1 Å². The molecule has 0 unspecified atom stereocenters. The highest BCUT2D eigenvalue weighted by molar-refractivity contribution is 5.87. The second-order valence-corrected chi connectivity index (χ2v) is 8.17. The van der Waals surface area contributed by atoms with Crippen LogP contribution < -0.4 is 10.3 Å². The number of nitrogens with zero attached hydrogens (tertiary/aromatic N) is 4. The summed E-state index contributed by atoms with van der Waals surface area (Å²) in [6.45, 7) is 2.26. The first-order valence-corrected chi connectivity index (χ1v) is 11.1. The molecule has 5 rings (SSSR count). The summed E-state index contributed by atoms with van der Waals surface area (Å²) in [5.74, 6) is 0.766. The molecule has 0 aliphatic carbocycles. The molecule has 0 radical (unpaired) electrons. The monoisotopic (exact) mass is 497 g/mol. The van der Waals surface area contributed by atoms with E-state index in [1.807, 2.05) is 6.07 Å². The summed E-state index contributed by atoms with van der Waals surface area (Å²) in [7, 11) is 3.06. The van der Waals surface area contributed by atoms with Crippen LogP contribution in [0.25, 0.3) is 39.2 Å². The summed E-state index contributed by atoms with van der Waals surface area (Å²) in [6.07, 6.45) is -4.74. The Labute approximate surface area is 202 Å². The van der Waals surface area contributed by atoms with Crippen molar-refractivity contribution in [3.8, 4) is 28.3 Å². The van der Waals surface area contributed by atoms with E-state index in [9.17, 15) is 18.0 Å². The normalized spacial score (nSPS) is 12.1. The van der Waals surface area contributed by atoms with Crippen molar-refractivity contribution in [3.05, 3.63) is 70.3 Å². The zero-order valence-corrected chi connectivity index (χ0v) is 19.7. The molecule has 5 aromatic rings. The molecule has 186 valence electrons. The number of nitrogens with one attached hydrogen (secondary N) is 1. The average Bonchev–Trinajstić information content (AvgIpc) is 3.42. The van der Waals surface area contributed by atoms with E-state index in [1.165, 1.54) is 7.11 Å². The van der Waals surface area contributed by atoms with E-state index >= 15 is 0 Å². The number of ether oxygens (including phenoxy) is 2. The Morgan fingerprint density at radius 1 is 1.00 bits per heavy atom. The quantitative estimate of drug-likeness (QED) is 0.368.